The Balaban J connectivity index is 1.46. The van der Waals surface area contributed by atoms with Crippen LogP contribution < -0.4 is 16.0 Å². The van der Waals surface area contributed by atoms with Crippen molar-refractivity contribution < 1.29 is 19.5 Å². The summed E-state index contributed by atoms with van der Waals surface area (Å²) in [5.41, 5.74) is 7.98. The first-order valence-corrected chi connectivity index (χ1v) is 10.4. The zero-order chi connectivity index (χ0) is 22.3. The zero-order valence-electron chi connectivity index (χ0n) is 17.6. The van der Waals surface area contributed by atoms with Crippen molar-refractivity contribution in [2.24, 2.45) is 5.73 Å². The molecule has 2 saturated heterocycles. The SMILES string of the molecule is Cc1cc(C(=O)N[C@H]2C[C@H]3CC[C@@H](C2)N3c2ccc(C(=O)O)cn2)c(C)cc1C(N)=O. The number of piperidine rings is 1. The second-order valence-electron chi connectivity index (χ2n) is 8.49. The number of nitrogens with zero attached hydrogens (tertiary/aromatic N) is 2. The quantitative estimate of drug-likeness (QED) is 0.679. The van der Waals surface area contributed by atoms with E-state index in [4.69, 9.17) is 10.8 Å². The third-order valence-electron chi connectivity index (χ3n) is 6.41. The number of nitrogens with two attached hydrogens (primary N) is 1. The average molecular weight is 422 g/mol. The number of carbonyl (C=O) groups excluding carboxylic acids is 2. The molecule has 31 heavy (non-hydrogen) atoms. The standard InChI is InChI=1S/C23H26N4O4/c1-12-8-19(13(2)7-18(12)21(24)28)22(29)26-15-9-16-4-5-17(10-15)27(16)20-6-3-14(11-25-20)23(30)31/h3,6-8,11,15-17H,4-5,9-10H2,1-2H3,(H2,24,28)(H,26,29)(H,30,31)/t15-,16+,17-. The molecular formula is C23H26N4O4. The molecule has 0 saturated carbocycles. The van der Waals surface area contributed by atoms with Crippen molar-refractivity contribution in [3.63, 3.8) is 0 Å². The molecule has 8 nitrogen and oxygen atoms in total. The molecule has 2 fully saturated rings. The molecule has 3 heterocycles. The van der Waals surface area contributed by atoms with Gasteiger partial charge in [-0.1, -0.05) is 0 Å². The fourth-order valence-corrected chi connectivity index (χ4v) is 4.92. The van der Waals surface area contributed by atoms with Gasteiger partial charge in [-0.3, -0.25) is 9.59 Å². The molecule has 2 amide bonds. The Kier molecular flexibility index (Phi) is 5.39. The lowest BCUT2D eigenvalue weighted by molar-refractivity contribution is 0.0696. The van der Waals surface area contributed by atoms with E-state index in [2.05, 4.69) is 15.2 Å². The highest BCUT2D eigenvalue weighted by Gasteiger charge is 2.41. The summed E-state index contributed by atoms with van der Waals surface area (Å²) >= 11 is 0. The van der Waals surface area contributed by atoms with Crippen LogP contribution in [0.15, 0.2) is 30.5 Å². The first-order valence-electron chi connectivity index (χ1n) is 10.4. The largest absolute Gasteiger partial charge is 0.478 e. The van der Waals surface area contributed by atoms with Crippen LogP contribution in [0.2, 0.25) is 0 Å². The third kappa shape index (κ3) is 3.97. The summed E-state index contributed by atoms with van der Waals surface area (Å²) in [5, 5.41) is 12.2. The second-order valence-corrected chi connectivity index (χ2v) is 8.49. The van der Waals surface area contributed by atoms with Crippen molar-refractivity contribution >= 4 is 23.6 Å². The Hall–Kier alpha value is -3.42. The minimum atomic E-state index is -0.988. The van der Waals surface area contributed by atoms with Gasteiger partial charge in [0.1, 0.15) is 5.82 Å². The van der Waals surface area contributed by atoms with Gasteiger partial charge in [0, 0.05) is 35.4 Å². The molecule has 0 spiro atoms. The predicted octanol–water partition coefficient (Wildman–Crippen LogP) is 2.43. The molecule has 0 unspecified atom stereocenters. The molecule has 2 aliphatic rings. The highest BCUT2D eigenvalue weighted by Crippen LogP contribution is 2.38. The molecule has 1 aromatic carbocycles. The third-order valence-corrected chi connectivity index (χ3v) is 6.41. The molecule has 4 rings (SSSR count). The van der Waals surface area contributed by atoms with Crippen molar-refractivity contribution in [2.45, 2.75) is 57.7 Å². The molecule has 2 aromatic rings. The fourth-order valence-electron chi connectivity index (χ4n) is 4.92. The number of rotatable bonds is 5. The molecule has 2 bridgehead atoms. The van der Waals surface area contributed by atoms with Gasteiger partial charge in [0.2, 0.25) is 5.91 Å². The molecule has 3 atom stereocenters. The van der Waals surface area contributed by atoms with Crippen molar-refractivity contribution in [1.29, 1.82) is 0 Å². The van der Waals surface area contributed by atoms with Crippen LogP contribution in [0.1, 0.15) is 67.9 Å². The van der Waals surface area contributed by atoms with Crippen LogP contribution in [0, 0.1) is 13.8 Å². The maximum atomic E-state index is 12.9. The van der Waals surface area contributed by atoms with E-state index in [1.807, 2.05) is 0 Å². The second kappa shape index (κ2) is 8.02. The maximum Gasteiger partial charge on any atom is 0.337 e. The van der Waals surface area contributed by atoms with E-state index in [9.17, 15) is 14.4 Å². The van der Waals surface area contributed by atoms with Crippen LogP contribution in [0.4, 0.5) is 5.82 Å². The normalized spacial score (nSPS) is 22.3. The molecule has 2 aliphatic heterocycles. The Morgan fingerprint density at radius 1 is 1.06 bits per heavy atom. The number of aromatic carboxylic acids is 1. The number of fused-ring (bicyclic) bond motifs is 2. The summed E-state index contributed by atoms with van der Waals surface area (Å²) in [6, 6.07) is 7.31. The number of anilines is 1. The van der Waals surface area contributed by atoms with E-state index in [0.717, 1.165) is 37.1 Å². The first kappa shape index (κ1) is 20.8. The average Bonchev–Trinajstić information content (AvgIpc) is 2.99. The molecule has 0 aliphatic carbocycles. The van der Waals surface area contributed by atoms with Crippen LogP contribution in [0.3, 0.4) is 0 Å². The van der Waals surface area contributed by atoms with Crippen molar-refractivity contribution in [3.05, 3.63) is 58.3 Å². The summed E-state index contributed by atoms with van der Waals surface area (Å²) in [5.74, 6) is -0.839. The molecule has 0 radical (unpaired) electrons. The lowest BCUT2D eigenvalue weighted by atomic mass is 9.95. The van der Waals surface area contributed by atoms with Gasteiger partial charge in [-0.15, -0.1) is 0 Å². The van der Waals surface area contributed by atoms with Gasteiger partial charge < -0.3 is 21.1 Å². The Morgan fingerprint density at radius 3 is 2.23 bits per heavy atom. The minimum Gasteiger partial charge on any atom is -0.478 e. The number of hydrogen-bond donors (Lipinski definition) is 3. The molecule has 4 N–H and O–H groups in total. The number of carbonyl (C=O) groups is 3. The summed E-state index contributed by atoms with van der Waals surface area (Å²) < 4.78 is 0. The van der Waals surface area contributed by atoms with Gasteiger partial charge >= 0.3 is 5.97 Å². The number of pyridine rings is 1. The highest BCUT2D eigenvalue weighted by atomic mass is 16.4. The van der Waals surface area contributed by atoms with E-state index in [0.29, 0.717) is 16.7 Å². The van der Waals surface area contributed by atoms with E-state index in [1.54, 1.807) is 38.1 Å². The summed E-state index contributed by atoms with van der Waals surface area (Å²) in [4.78, 5) is 42.2. The fraction of sp³-hybridized carbons (Fsp3) is 0.391. The number of hydrogen-bond acceptors (Lipinski definition) is 5. The smallest absolute Gasteiger partial charge is 0.337 e. The molecule has 8 heteroatoms. The lowest BCUT2D eigenvalue weighted by Crippen LogP contribution is -2.50. The number of carboxylic acid groups (broad SMARTS) is 1. The maximum absolute atomic E-state index is 12.9. The number of aromatic nitrogens is 1. The Morgan fingerprint density at radius 2 is 1.68 bits per heavy atom. The van der Waals surface area contributed by atoms with Gasteiger partial charge in [0.05, 0.1) is 5.56 Å². The van der Waals surface area contributed by atoms with Gasteiger partial charge in [-0.2, -0.15) is 0 Å². The number of primary amides is 1. The van der Waals surface area contributed by atoms with E-state index in [-0.39, 0.29) is 29.6 Å². The van der Waals surface area contributed by atoms with Crippen molar-refractivity contribution in [1.82, 2.24) is 10.3 Å². The molecular weight excluding hydrogens is 396 g/mol. The molecule has 1 aromatic heterocycles. The predicted molar refractivity (Wildman–Crippen MR) is 115 cm³/mol. The highest BCUT2D eigenvalue weighted by molar-refractivity contribution is 5.99. The summed E-state index contributed by atoms with van der Waals surface area (Å²) in [6.45, 7) is 3.58. The first-order chi connectivity index (χ1) is 14.7. The van der Waals surface area contributed by atoms with E-state index >= 15 is 0 Å². The van der Waals surface area contributed by atoms with Crippen molar-refractivity contribution in [2.75, 3.05) is 4.90 Å². The van der Waals surface area contributed by atoms with Gasteiger partial charge in [-0.25, -0.2) is 9.78 Å². The minimum absolute atomic E-state index is 0.0510. The Bertz CT molecular complexity index is 1040. The molecule has 162 valence electrons. The number of aryl methyl sites for hydroxylation is 2. The topological polar surface area (TPSA) is 126 Å². The van der Waals surface area contributed by atoms with Crippen molar-refractivity contribution in [3.8, 4) is 0 Å². The van der Waals surface area contributed by atoms with E-state index < -0.39 is 11.9 Å². The van der Waals surface area contributed by atoms with Crippen LogP contribution in [-0.2, 0) is 0 Å². The van der Waals surface area contributed by atoms with Gasteiger partial charge in [0.15, 0.2) is 0 Å². The summed E-state index contributed by atoms with van der Waals surface area (Å²) in [7, 11) is 0. The zero-order valence-corrected chi connectivity index (χ0v) is 17.6. The van der Waals surface area contributed by atoms with E-state index in [1.165, 1.54) is 6.20 Å². The monoisotopic (exact) mass is 422 g/mol. The number of benzene rings is 1. The number of nitrogens with one attached hydrogen (secondary N) is 1. The number of amides is 2. The summed E-state index contributed by atoms with van der Waals surface area (Å²) in [6.07, 6.45) is 5.05. The van der Waals surface area contributed by atoms with Crippen LogP contribution in [0.25, 0.3) is 0 Å². The number of carboxylic acids is 1. The lowest BCUT2D eigenvalue weighted by Gasteiger charge is -2.40. The Labute approximate surface area is 180 Å². The van der Waals surface area contributed by atoms with Gasteiger partial charge in [-0.05, 0) is 74.9 Å². The van der Waals surface area contributed by atoms with Crippen LogP contribution in [0.5, 0.6) is 0 Å². The van der Waals surface area contributed by atoms with Gasteiger partial charge in [0.25, 0.3) is 5.91 Å². The van der Waals surface area contributed by atoms with Crippen LogP contribution in [-0.4, -0.2) is 46.0 Å². The van der Waals surface area contributed by atoms with Crippen LogP contribution >= 0.6 is 0 Å².